The summed E-state index contributed by atoms with van der Waals surface area (Å²) in [4.78, 5) is 0. The fourth-order valence-corrected chi connectivity index (χ4v) is 1.55. The van der Waals surface area contributed by atoms with E-state index >= 15 is 0 Å². The van der Waals surface area contributed by atoms with Gasteiger partial charge in [0.05, 0.1) is 0 Å². The van der Waals surface area contributed by atoms with Gasteiger partial charge in [0.1, 0.15) is 0 Å². The standard InChI is InChI=1S/C12H16ClN/c1-9-5-4-6-10(2)12(9)8-14-7-11(3)13/h4-6,14H,3,7-8H2,1-2H3. The van der Waals surface area contributed by atoms with Crippen LogP contribution in [0.25, 0.3) is 0 Å². The van der Waals surface area contributed by atoms with Gasteiger partial charge in [0.25, 0.3) is 0 Å². The molecular weight excluding hydrogens is 194 g/mol. The molecule has 0 bridgehead atoms. The summed E-state index contributed by atoms with van der Waals surface area (Å²) >= 11 is 5.67. The van der Waals surface area contributed by atoms with Crippen molar-refractivity contribution in [1.82, 2.24) is 5.32 Å². The zero-order valence-electron chi connectivity index (χ0n) is 8.73. The van der Waals surface area contributed by atoms with Crippen molar-refractivity contribution in [3.8, 4) is 0 Å². The number of hydrogen-bond acceptors (Lipinski definition) is 1. The van der Waals surface area contributed by atoms with E-state index in [9.17, 15) is 0 Å². The van der Waals surface area contributed by atoms with E-state index in [1.807, 2.05) is 0 Å². The highest BCUT2D eigenvalue weighted by Crippen LogP contribution is 2.12. The zero-order chi connectivity index (χ0) is 10.6. The Morgan fingerprint density at radius 3 is 2.43 bits per heavy atom. The molecule has 0 atom stereocenters. The van der Waals surface area contributed by atoms with E-state index in [4.69, 9.17) is 11.6 Å². The van der Waals surface area contributed by atoms with E-state index in [2.05, 4.69) is 43.9 Å². The molecule has 0 fully saturated rings. The number of nitrogens with one attached hydrogen (secondary N) is 1. The molecule has 2 heteroatoms. The molecule has 0 radical (unpaired) electrons. The van der Waals surface area contributed by atoms with Crippen LogP contribution in [0.2, 0.25) is 0 Å². The van der Waals surface area contributed by atoms with Crippen LogP contribution in [0.4, 0.5) is 0 Å². The third kappa shape index (κ3) is 3.17. The van der Waals surface area contributed by atoms with Crippen LogP contribution < -0.4 is 5.32 Å². The molecule has 0 heterocycles. The van der Waals surface area contributed by atoms with Crippen LogP contribution in [0.1, 0.15) is 16.7 Å². The van der Waals surface area contributed by atoms with Crippen molar-refractivity contribution in [3.63, 3.8) is 0 Å². The zero-order valence-corrected chi connectivity index (χ0v) is 9.49. The molecule has 1 aromatic carbocycles. The number of halogens is 1. The quantitative estimate of drug-likeness (QED) is 0.804. The van der Waals surface area contributed by atoms with Gasteiger partial charge in [0, 0.05) is 18.1 Å². The minimum Gasteiger partial charge on any atom is -0.308 e. The molecule has 1 aromatic rings. The van der Waals surface area contributed by atoms with Crippen LogP contribution in [-0.2, 0) is 6.54 Å². The molecule has 0 aromatic heterocycles. The van der Waals surface area contributed by atoms with E-state index in [1.165, 1.54) is 16.7 Å². The molecule has 14 heavy (non-hydrogen) atoms. The summed E-state index contributed by atoms with van der Waals surface area (Å²) in [5.74, 6) is 0. The van der Waals surface area contributed by atoms with Gasteiger partial charge in [-0.15, -0.1) is 0 Å². The summed E-state index contributed by atoms with van der Waals surface area (Å²) in [7, 11) is 0. The van der Waals surface area contributed by atoms with Gasteiger partial charge >= 0.3 is 0 Å². The van der Waals surface area contributed by atoms with Crippen LogP contribution in [0, 0.1) is 13.8 Å². The molecule has 0 aliphatic carbocycles. The van der Waals surface area contributed by atoms with Gasteiger partial charge in [-0.25, -0.2) is 0 Å². The van der Waals surface area contributed by atoms with Gasteiger partial charge in [0.2, 0.25) is 0 Å². The Hall–Kier alpha value is -0.790. The molecule has 0 amide bonds. The minimum atomic E-state index is 0.649. The van der Waals surface area contributed by atoms with E-state index in [0.29, 0.717) is 11.6 Å². The monoisotopic (exact) mass is 209 g/mol. The largest absolute Gasteiger partial charge is 0.308 e. The lowest BCUT2D eigenvalue weighted by Crippen LogP contribution is -2.16. The highest BCUT2D eigenvalue weighted by molar-refractivity contribution is 6.29. The highest BCUT2D eigenvalue weighted by atomic mass is 35.5. The van der Waals surface area contributed by atoms with Crippen LogP contribution in [0.3, 0.4) is 0 Å². The Morgan fingerprint density at radius 1 is 1.36 bits per heavy atom. The smallest absolute Gasteiger partial charge is 0.0310 e. The van der Waals surface area contributed by atoms with Crippen molar-refractivity contribution >= 4 is 11.6 Å². The average molecular weight is 210 g/mol. The molecule has 1 rings (SSSR count). The molecular formula is C12H16ClN. The van der Waals surface area contributed by atoms with E-state index in [1.54, 1.807) is 0 Å². The molecule has 0 saturated heterocycles. The molecule has 1 nitrogen and oxygen atoms in total. The lowest BCUT2D eigenvalue weighted by Gasteiger charge is -2.10. The highest BCUT2D eigenvalue weighted by Gasteiger charge is 2.00. The first-order chi connectivity index (χ1) is 6.61. The lowest BCUT2D eigenvalue weighted by molar-refractivity contribution is 0.747. The van der Waals surface area contributed by atoms with Gasteiger partial charge in [-0.05, 0) is 30.5 Å². The SMILES string of the molecule is C=C(Cl)CNCc1c(C)cccc1C. The van der Waals surface area contributed by atoms with Gasteiger partial charge in [-0.2, -0.15) is 0 Å². The first kappa shape index (κ1) is 11.3. The summed E-state index contributed by atoms with van der Waals surface area (Å²) < 4.78 is 0. The van der Waals surface area contributed by atoms with E-state index < -0.39 is 0 Å². The second-order valence-corrected chi connectivity index (χ2v) is 4.03. The number of hydrogen-bond donors (Lipinski definition) is 1. The first-order valence-corrected chi connectivity index (χ1v) is 5.08. The molecule has 0 spiro atoms. The average Bonchev–Trinajstić information content (AvgIpc) is 2.09. The van der Waals surface area contributed by atoms with Crippen molar-refractivity contribution in [2.24, 2.45) is 0 Å². The fraction of sp³-hybridized carbons (Fsp3) is 0.333. The Bertz CT molecular complexity index is 311. The molecule has 1 N–H and O–H groups in total. The van der Waals surface area contributed by atoms with Crippen molar-refractivity contribution < 1.29 is 0 Å². The van der Waals surface area contributed by atoms with Crippen molar-refractivity contribution in [3.05, 3.63) is 46.5 Å². The topological polar surface area (TPSA) is 12.0 Å². The van der Waals surface area contributed by atoms with E-state index in [0.717, 1.165) is 6.54 Å². The van der Waals surface area contributed by atoms with Crippen LogP contribution in [-0.4, -0.2) is 6.54 Å². The molecule has 0 aliphatic rings. The third-order valence-electron chi connectivity index (χ3n) is 2.26. The maximum atomic E-state index is 5.67. The van der Waals surface area contributed by atoms with Crippen molar-refractivity contribution in [1.29, 1.82) is 0 Å². The summed E-state index contributed by atoms with van der Waals surface area (Å²) in [5.41, 5.74) is 3.99. The molecule has 0 unspecified atom stereocenters. The fourth-order valence-electron chi connectivity index (χ4n) is 1.45. The van der Waals surface area contributed by atoms with Gasteiger partial charge in [-0.1, -0.05) is 36.4 Å². The lowest BCUT2D eigenvalue weighted by atomic mass is 10.0. The van der Waals surface area contributed by atoms with Crippen LogP contribution in [0.5, 0.6) is 0 Å². The predicted molar refractivity (Wildman–Crippen MR) is 62.6 cm³/mol. The summed E-state index contributed by atoms with van der Waals surface area (Å²) in [6, 6.07) is 6.33. The normalized spacial score (nSPS) is 10.2. The Labute approximate surface area is 90.8 Å². The number of benzene rings is 1. The van der Waals surface area contributed by atoms with Gasteiger partial charge < -0.3 is 5.32 Å². The molecule has 76 valence electrons. The Kier molecular flexibility index (Phi) is 4.18. The van der Waals surface area contributed by atoms with Gasteiger partial charge in [-0.3, -0.25) is 0 Å². The number of rotatable bonds is 4. The maximum absolute atomic E-state index is 5.67. The predicted octanol–water partition coefficient (Wildman–Crippen LogP) is 3.15. The first-order valence-electron chi connectivity index (χ1n) is 4.70. The van der Waals surface area contributed by atoms with Crippen LogP contribution >= 0.6 is 11.6 Å². The van der Waals surface area contributed by atoms with Crippen molar-refractivity contribution in [2.45, 2.75) is 20.4 Å². The van der Waals surface area contributed by atoms with Crippen molar-refractivity contribution in [2.75, 3.05) is 6.54 Å². The minimum absolute atomic E-state index is 0.649. The second-order valence-electron chi connectivity index (χ2n) is 3.49. The Morgan fingerprint density at radius 2 is 1.93 bits per heavy atom. The second kappa shape index (κ2) is 5.18. The number of aryl methyl sites for hydroxylation is 2. The third-order valence-corrected chi connectivity index (χ3v) is 2.40. The summed E-state index contributed by atoms with van der Waals surface area (Å²) in [6.07, 6.45) is 0. The van der Waals surface area contributed by atoms with Crippen LogP contribution in [0.15, 0.2) is 29.8 Å². The maximum Gasteiger partial charge on any atom is 0.0310 e. The molecule has 0 aliphatic heterocycles. The Balaban J connectivity index is 2.62. The van der Waals surface area contributed by atoms with E-state index in [-0.39, 0.29) is 0 Å². The molecule has 0 saturated carbocycles. The van der Waals surface area contributed by atoms with Gasteiger partial charge in [0.15, 0.2) is 0 Å². The summed E-state index contributed by atoms with van der Waals surface area (Å²) in [5, 5.41) is 3.90. The summed E-state index contributed by atoms with van der Waals surface area (Å²) in [6.45, 7) is 9.40.